The summed E-state index contributed by atoms with van der Waals surface area (Å²) in [4.78, 5) is 12.1. The monoisotopic (exact) mass is 292 g/mol. The Hall–Kier alpha value is -2.33. The lowest BCUT2D eigenvalue weighted by Crippen LogP contribution is -2.26. The van der Waals surface area contributed by atoms with Crippen LogP contribution < -0.4 is 10.9 Å². The highest BCUT2D eigenvalue weighted by molar-refractivity contribution is 6.32. The van der Waals surface area contributed by atoms with E-state index in [9.17, 15) is 4.79 Å². The average molecular weight is 293 g/mol. The highest BCUT2D eigenvalue weighted by Crippen LogP contribution is 2.14. The van der Waals surface area contributed by atoms with Crippen molar-refractivity contribution < 1.29 is 0 Å². The lowest BCUT2D eigenvalue weighted by molar-refractivity contribution is 0.663. The van der Waals surface area contributed by atoms with E-state index in [0.29, 0.717) is 18.7 Å². The van der Waals surface area contributed by atoms with Gasteiger partial charge in [-0.3, -0.25) is 4.79 Å². The smallest absolute Gasteiger partial charge is 0.292 e. The normalized spacial score (nSPS) is 10.2. The molecule has 8 heteroatoms. The molecule has 0 unspecified atom stereocenters. The molecule has 2 rings (SSSR count). The number of aryl methyl sites for hydroxylation is 1. The molecule has 0 radical (unpaired) electrons. The van der Waals surface area contributed by atoms with E-state index < -0.39 is 0 Å². The first-order valence-corrected chi connectivity index (χ1v) is 6.27. The van der Waals surface area contributed by atoms with Crippen LogP contribution in [0.5, 0.6) is 0 Å². The second kappa shape index (κ2) is 6.21. The maximum Gasteiger partial charge on any atom is 0.292 e. The van der Waals surface area contributed by atoms with E-state index in [1.54, 1.807) is 6.33 Å². The molecule has 2 aromatic rings. The molecule has 2 aromatic heterocycles. The molecule has 0 atom stereocenters. The van der Waals surface area contributed by atoms with Gasteiger partial charge in [-0.1, -0.05) is 17.5 Å². The van der Waals surface area contributed by atoms with Crippen LogP contribution in [0.2, 0.25) is 5.02 Å². The zero-order valence-corrected chi connectivity index (χ0v) is 11.6. The summed E-state index contributed by atoms with van der Waals surface area (Å²) in [6.45, 7) is 0.607. The Labute approximate surface area is 120 Å². The van der Waals surface area contributed by atoms with Gasteiger partial charge in [0, 0.05) is 20.0 Å². The summed E-state index contributed by atoms with van der Waals surface area (Å²) in [5.74, 6) is 3.18. The van der Waals surface area contributed by atoms with Crippen LogP contribution in [0.1, 0.15) is 5.82 Å². The molecule has 0 aliphatic rings. The topological polar surface area (TPSA) is 77.6 Å². The zero-order chi connectivity index (χ0) is 14.5. The minimum absolute atomic E-state index is 0.105. The summed E-state index contributed by atoms with van der Waals surface area (Å²) in [5.41, 5.74) is -0.0486. The third-order valence-electron chi connectivity index (χ3n) is 2.69. The first-order valence-electron chi connectivity index (χ1n) is 5.89. The van der Waals surface area contributed by atoms with E-state index in [-0.39, 0.29) is 17.1 Å². The molecule has 0 spiro atoms. The van der Waals surface area contributed by atoms with Gasteiger partial charge in [0.05, 0.1) is 11.2 Å². The number of anilines is 1. The number of nitrogens with zero attached hydrogens (tertiary/aromatic N) is 5. The van der Waals surface area contributed by atoms with E-state index in [4.69, 9.17) is 18.0 Å². The molecule has 1 N–H and O–H groups in total. The molecule has 20 heavy (non-hydrogen) atoms. The molecule has 0 aliphatic heterocycles. The summed E-state index contributed by atoms with van der Waals surface area (Å²) in [6, 6.07) is 0. The van der Waals surface area contributed by atoms with Gasteiger partial charge in [-0.25, -0.2) is 4.68 Å². The van der Waals surface area contributed by atoms with Gasteiger partial charge in [-0.05, 0) is 0 Å². The molecule has 0 saturated heterocycles. The summed E-state index contributed by atoms with van der Waals surface area (Å²) in [6.07, 6.45) is 8.81. The van der Waals surface area contributed by atoms with Crippen LogP contribution in [-0.4, -0.2) is 31.1 Å². The number of halogens is 1. The number of aromatic nitrogens is 5. The van der Waals surface area contributed by atoms with Gasteiger partial charge in [0.15, 0.2) is 0 Å². The van der Waals surface area contributed by atoms with Crippen molar-refractivity contribution in [3.63, 3.8) is 0 Å². The lowest BCUT2D eigenvalue weighted by Gasteiger charge is -2.09. The molecular formula is C12H13ClN6O. The molecule has 104 valence electrons. The largest absolute Gasteiger partial charge is 0.379 e. The van der Waals surface area contributed by atoms with Gasteiger partial charge < -0.3 is 9.88 Å². The standard InChI is InChI=1S/C12H13ClN6O/c1-3-6-19-12(20)11(9(13)7-16-19)14-5-4-10-17-15-8-18(10)2/h1,7-8,14H,4-6H2,2H3. The van der Waals surface area contributed by atoms with Crippen LogP contribution >= 0.6 is 11.6 Å². The Morgan fingerprint density at radius 3 is 3.00 bits per heavy atom. The molecule has 0 saturated carbocycles. The summed E-state index contributed by atoms with van der Waals surface area (Å²) >= 11 is 5.97. The third-order valence-corrected chi connectivity index (χ3v) is 2.98. The van der Waals surface area contributed by atoms with Crippen molar-refractivity contribution in [1.29, 1.82) is 0 Å². The summed E-state index contributed by atoms with van der Waals surface area (Å²) in [7, 11) is 1.86. The van der Waals surface area contributed by atoms with Gasteiger partial charge in [0.25, 0.3) is 5.56 Å². The van der Waals surface area contributed by atoms with Crippen LogP contribution in [0.15, 0.2) is 17.3 Å². The van der Waals surface area contributed by atoms with Crippen LogP contribution in [0.4, 0.5) is 5.69 Å². The van der Waals surface area contributed by atoms with Crippen molar-refractivity contribution >= 4 is 17.3 Å². The predicted molar refractivity (Wildman–Crippen MR) is 75.5 cm³/mol. The first-order chi connectivity index (χ1) is 9.63. The maximum absolute atomic E-state index is 12.1. The molecule has 0 bridgehead atoms. The molecule has 0 aliphatic carbocycles. The lowest BCUT2D eigenvalue weighted by atomic mass is 10.3. The Morgan fingerprint density at radius 2 is 2.35 bits per heavy atom. The number of hydrogen-bond acceptors (Lipinski definition) is 5. The van der Waals surface area contributed by atoms with E-state index in [2.05, 4.69) is 26.5 Å². The van der Waals surface area contributed by atoms with Crippen molar-refractivity contribution in [2.45, 2.75) is 13.0 Å². The van der Waals surface area contributed by atoms with E-state index in [1.165, 1.54) is 10.9 Å². The van der Waals surface area contributed by atoms with Crippen LogP contribution in [0, 0.1) is 12.3 Å². The molecule has 7 nitrogen and oxygen atoms in total. The SMILES string of the molecule is C#CCn1ncc(Cl)c(NCCc2nncn2C)c1=O. The summed E-state index contributed by atoms with van der Waals surface area (Å²) < 4.78 is 2.99. The molecule has 0 fully saturated rings. The van der Waals surface area contributed by atoms with Gasteiger partial charge in [-0.15, -0.1) is 16.6 Å². The molecule has 0 amide bonds. The number of hydrogen-bond donors (Lipinski definition) is 1. The Bertz CT molecular complexity index is 699. The number of terminal acetylenes is 1. The highest BCUT2D eigenvalue weighted by atomic mass is 35.5. The van der Waals surface area contributed by atoms with Crippen LogP contribution in [0.25, 0.3) is 0 Å². The van der Waals surface area contributed by atoms with Crippen molar-refractivity contribution in [2.75, 3.05) is 11.9 Å². The van der Waals surface area contributed by atoms with E-state index in [0.717, 1.165) is 5.82 Å². The second-order valence-electron chi connectivity index (χ2n) is 4.07. The fourth-order valence-electron chi connectivity index (χ4n) is 1.66. The van der Waals surface area contributed by atoms with Gasteiger partial charge in [0.2, 0.25) is 0 Å². The van der Waals surface area contributed by atoms with Crippen molar-refractivity contribution in [1.82, 2.24) is 24.5 Å². The predicted octanol–water partition coefficient (Wildman–Crippen LogP) is 0.313. The summed E-state index contributed by atoms with van der Waals surface area (Å²) in [5, 5.41) is 14.9. The number of rotatable bonds is 5. The van der Waals surface area contributed by atoms with Gasteiger partial charge in [-0.2, -0.15) is 5.10 Å². The number of nitrogens with one attached hydrogen (secondary N) is 1. The fraction of sp³-hybridized carbons (Fsp3) is 0.333. The minimum Gasteiger partial charge on any atom is -0.379 e. The third kappa shape index (κ3) is 2.97. The van der Waals surface area contributed by atoms with Crippen molar-refractivity contribution in [2.24, 2.45) is 7.05 Å². The molecule has 2 heterocycles. The molecule has 0 aromatic carbocycles. The van der Waals surface area contributed by atoms with E-state index in [1.807, 2.05) is 11.6 Å². The molecular weight excluding hydrogens is 280 g/mol. The van der Waals surface area contributed by atoms with Crippen molar-refractivity contribution in [3.8, 4) is 12.3 Å². The van der Waals surface area contributed by atoms with E-state index >= 15 is 0 Å². The maximum atomic E-state index is 12.1. The minimum atomic E-state index is -0.339. The average Bonchev–Trinajstić information content (AvgIpc) is 2.83. The Balaban J connectivity index is 2.10. The van der Waals surface area contributed by atoms with Gasteiger partial charge in [0.1, 0.15) is 24.4 Å². The van der Waals surface area contributed by atoms with Crippen LogP contribution in [0.3, 0.4) is 0 Å². The highest BCUT2D eigenvalue weighted by Gasteiger charge is 2.09. The Morgan fingerprint density at radius 1 is 1.55 bits per heavy atom. The van der Waals surface area contributed by atoms with Gasteiger partial charge >= 0.3 is 0 Å². The van der Waals surface area contributed by atoms with Crippen LogP contribution in [-0.2, 0) is 20.0 Å². The second-order valence-corrected chi connectivity index (χ2v) is 4.48. The van der Waals surface area contributed by atoms with Crippen molar-refractivity contribution in [3.05, 3.63) is 33.7 Å². The first kappa shape index (κ1) is 14.1. The quantitative estimate of drug-likeness (QED) is 0.803. The zero-order valence-electron chi connectivity index (χ0n) is 10.9. The Kier molecular flexibility index (Phi) is 4.38. The fourth-order valence-corrected chi connectivity index (χ4v) is 1.85.